The quantitative estimate of drug-likeness (QED) is 0.423. The van der Waals surface area contributed by atoms with Crippen LogP contribution in [0.4, 0.5) is 0 Å². The molecule has 0 bridgehead atoms. The van der Waals surface area contributed by atoms with Crippen LogP contribution in [0, 0.1) is 0 Å². The van der Waals surface area contributed by atoms with E-state index in [1.165, 1.54) is 0 Å². The molecule has 4 aromatic rings. The van der Waals surface area contributed by atoms with Gasteiger partial charge in [0.2, 0.25) is 19.5 Å². The molecule has 3 aliphatic heterocycles. The van der Waals surface area contributed by atoms with Crippen molar-refractivity contribution in [3.05, 3.63) is 83.0 Å². The molecule has 0 unspecified atom stereocenters. The molecule has 2 atom stereocenters. The molecule has 1 amide bonds. The van der Waals surface area contributed by atoms with Crippen LogP contribution in [0.1, 0.15) is 28.4 Å². The average molecular weight is 469 g/mol. The van der Waals surface area contributed by atoms with E-state index in [9.17, 15) is 4.79 Å². The fourth-order valence-electron chi connectivity index (χ4n) is 5.12. The van der Waals surface area contributed by atoms with E-state index in [0.29, 0.717) is 18.7 Å². The topological polar surface area (TPSA) is 93.8 Å². The Hall–Kier alpha value is -4.17. The number of para-hydroxylation sites is 1. The number of fused-ring (bicyclic) bond motifs is 5. The Bertz CT molecular complexity index is 1460. The standard InChI is InChI=1S/C27H23N3O5/c31-27(28-12-15-5-7-21-23(9-15)34-13-32-21)20-11-18-17-3-1-2-4-19(17)29-26(18)25(30-20)16-6-8-22-24(10-16)35-14-33-22/h1-10,20,25,29-30H,11-14H2,(H,28,31)/t20-,25+/m0/s1. The second-order valence-electron chi connectivity index (χ2n) is 8.94. The van der Waals surface area contributed by atoms with Gasteiger partial charge in [-0.05, 0) is 53.4 Å². The van der Waals surface area contributed by atoms with Gasteiger partial charge in [-0.15, -0.1) is 0 Å². The fourth-order valence-corrected chi connectivity index (χ4v) is 5.12. The fraction of sp³-hybridized carbons (Fsp3) is 0.222. The molecule has 0 radical (unpaired) electrons. The van der Waals surface area contributed by atoms with Crippen molar-refractivity contribution in [2.45, 2.75) is 25.0 Å². The summed E-state index contributed by atoms with van der Waals surface area (Å²) in [4.78, 5) is 16.9. The molecule has 35 heavy (non-hydrogen) atoms. The number of nitrogens with one attached hydrogen (secondary N) is 3. The highest BCUT2D eigenvalue weighted by atomic mass is 16.7. The van der Waals surface area contributed by atoms with Crippen LogP contribution in [-0.2, 0) is 17.8 Å². The number of hydrogen-bond acceptors (Lipinski definition) is 6. The third-order valence-corrected chi connectivity index (χ3v) is 6.86. The van der Waals surface area contributed by atoms with Gasteiger partial charge in [0.15, 0.2) is 23.0 Å². The molecule has 3 N–H and O–H groups in total. The van der Waals surface area contributed by atoms with Gasteiger partial charge in [-0.25, -0.2) is 0 Å². The molecule has 8 nitrogen and oxygen atoms in total. The number of H-pyrrole nitrogens is 1. The molecule has 3 aromatic carbocycles. The molecular weight excluding hydrogens is 446 g/mol. The monoisotopic (exact) mass is 469 g/mol. The predicted octanol–water partition coefficient (Wildman–Crippen LogP) is 3.55. The van der Waals surface area contributed by atoms with E-state index in [1.54, 1.807) is 0 Å². The summed E-state index contributed by atoms with van der Waals surface area (Å²) in [6.45, 7) is 0.855. The van der Waals surface area contributed by atoms with Crippen molar-refractivity contribution in [3.63, 3.8) is 0 Å². The van der Waals surface area contributed by atoms with Gasteiger partial charge in [0.1, 0.15) is 0 Å². The third-order valence-electron chi connectivity index (χ3n) is 6.86. The Morgan fingerprint density at radius 3 is 2.49 bits per heavy atom. The Labute approximate surface area is 201 Å². The van der Waals surface area contributed by atoms with Crippen LogP contribution in [0.3, 0.4) is 0 Å². The lowest BCUT2D eigenvalue weighted by Gasteiger charge is -2.31. The summed E-state index contributed by atoms with van der Waals surface area (Å²) in [5.41, 5.74) is 5.26. The number of aromatic nitrogens is 1. The van der Waals surface area contributed by atoms with Crippen molar-refractivity contribution < 1.29 is 23.7 Å². The van der Waals surface area contributed by atoms with Crippen LogP contribution < -0.4 is 29.6 Å². The molecular formula is C27H23N3O5. The molecule has 0 fully saturated rings. The zero-order chi connectivity index (χ0) is 23.4. The molecule has 7 rings (SSSR count). The number of ether oxygens (including phenoxy) is 4. The average Bonchev–Trinajstić information content (AvgIpc) is 3.64. The number of carbonyl (C=O) groups excluding carboxylic acids is 1. The Morgan fingerprint density at radius 2 is 1.63 bits per heavy atom. The van der Waals surface area contributed by atoms with Crippen molar-refractivity contribution >= 4 is 16.8 Å². The second kappa shape index (κ2) is 7.95. The maximum atomic E-state index is 13.4. The number of carbonyl (C=O) groups is 1. The highest BCUT2D eigenvalue weighted by molar-refractivity contribution is 5.88. The summed E-state index contributed by atoms with van der Waals surface area (Å²) in [7, 11) is 0. The highest BCUT2D eigenvalue weighted by Gasteiger charge is 2.34. The van der Waals surface area contributed by atoms with Crippen LogP contribution >= 0.6 is 0 Å². The maximum Gasteiger partial charge on any atom is 0.237 e. The van der Waals surface area contributed by atoms with Gasteiger partial charge in [-0.2, -0.15) is 0 Å². The minimum absolute atomic E-state index is 0.0515. The van der Waals surface area contributed by atoms with E-state index in [4.69, 9.17) is 18.9 Å². The van der Waals surface area contributed by atoms with Crippen LogP contribution in [0.15, 0.2) is 60.7 Å². The smallest absolute Gasteiger partial charge is 0.237 e. The number of rotatable bonds is 4. The molecule has 0 spiro atoms. The zero-order valence-corrected chi connectivity index (χ0v) is 18.8. The summed E-state index contributed by atoms with van der Waals surface area (Å²) in [6, 6.07) is 19.3. The van der Waals surface area contributed by atoms with Crippen molar-refractivity contribution in [3.8, 4) is 23.0 Å². The maximum absolute atomic E-state index is 13.4. The lowest BCUT2D eigenvalue weighted by Crippen LogP contribution is -2.49. The summed E-state index contributed by atoms with van der Waals surface area (Å²) >= 11 is 0. The summed E-state index contributed by atoms with van der Waals surface area (Å²) in [5, 5.41) is 7.81. The molecule has 0 saturated heterocycles. The van der Waals surface area contributed by atoms with E-state index in [-0.39, 0.29) is 25.5 Å². The van der Waals surface area contributed by atoms with Crippen LogP contribution in [0.25, 0.3) is 10.9 Å². The van der Waals surface area contributed by atoms with Crippen LogP contribution in [-0.4, -0.2) is 30.5 Å². The highest BCUT2D eigenvalue weighted by Crippen LogP contribution is 2.39. The zero-order valence-electron chi connectivity index (χ0n) is 18.8. The van der Waals surface area contributed by atoms with Gasteiger partial charge < -0.3 is 29.2 Å². The number of amides is 1. The number of aromatic amines is 1. The largest absolute Gasteiger partial charge is 0.454 e. The third kappa shape index (κ3) is 3.45. The van der Waals surface area contributed by atoms with Crippen molar-refractivity contribution in [2.75, 3.05) is 13.6 Å². The van der Waals surface area contributed by atoms with E-state index in [1.807, 2.05) is 48.5 Å². The van der Waals surface area contributed by atoms with Crippen molar-refractivity contribution in [1.82, 2.24) is 15.6 Å². The SMILES string of the molecule is O=C(NCc1ccc2c(c1)OCO2)[C@@H]1Cc2c([nH]c3ccccc23)[C@@H](c2ccc3c(c2)OCO3)N1. The van der Waals surface area contributed by atoms with E-state index < -0.39 is 6.04 Å². The van der Waals surface area contributed by atoms with Crippen LogP contribution in [0.5, 0.6) is 23.0 Å². The minimum Gasteiger partial charge on any atom is -0.454 e. The molecule has 3 aliphatic rings. The van der Waals surface area contributed by atoms with Gasteiger partial charge in [0.25, 0.3) is 0 Å². The lowest BCUT2D eigenvalue weighted by molar-refractivity contribution is -0.123. The number of hydrogen-bond donors (Lipinski definition) is 3. The van der Waals surface area contributed by atoms with Gasteiger partial charge in [-0.1, -0.05) is 30.3 Å². The predicted molar refractivity (Wildman–Crippen MR) is 128 cm³/mol. The molecule has 8 heteroatoms. The van der Waals surface area contributed by atoms with E-state index in [2.05, 4.69) is 27.8 Å². The van der Waals surface area contributed by atoms with E-state index in [0.717, 1.165) is 50.5 Å². The van der Waals surface area contributed by atoms with Gasteiger partial charge in [-0.3, -0.25) is 10.1 Å². The first kappa shape index (κ1) is 20.2. The minimum atomic E-state index is -0.397. The summed E-state index contributed by atoms with van der Waals surface area (Å²) < 4.78 is 21.9. The van der Waals surface area contributed by atoms with Gasteiger partial charge in [0, 0.05) is 23.1 Å². The van der Waals surface area contributed by atoms with Crippen LogP contribution in [0.2, 0.25) is 0 Å². The normalized spacial score (nSPS) is 19.5. The molecule has 1 aromatic heterocycles. The van der Waals surface area contributed by atoms with Crippen molar-refractivity contribution in [1.29, 1.82) is 0 Å². The second-order valence-corrected chi connectivity index (χ2v) is 8.94. The first-order chi connectivity index (χ1) is 17.2. The first-order valence-electron chi connectivity index (χ1n) is 11.6. The van der Waals surface area contributed by atoms with E-state index >= 15 is 0 Å². The van der Waals surface area contributed by atoms with Crippen molar-refractivity contribution in [2.24, 2.45) is 0 Å². The molecule has 0 saturated carbocycles. The van der Waals surface area contributed by atoms with Gasteiger partial charge >= 0.3 is 0 Å². The molecule has 4 heterocycles. The Kier molecular flexibility index (Phi) is 4.60. The molecule has 0 aliphatic carbocycles. The Morgan fingerprint density at radius 1 is 0.886 bits per heavy atom. The Balaban J connectivity index is 1.19. The summed E-state index contributed by atoms with van der Waals surface area (Å²) in [6.07, 6.45) is 0.591. The van der Waals surface area contributed by atoms with Gasteiger partial charge in [0.05, 0.1) is 12.1 Å². The molecule has 176 valence electrons. The number of benzene rings is 3. The lowest BCUT2D eigenvalue weighted by atomic mass is 9.90. The first-order valence-corrected chi connectivity index (χ1v) is 11.6. The summed E-state index contributed by atoms with van der Waals surface area (Å²) in [5.74, 6) is 2.84.